The van der Waals surface area contributed by atoms with Crippen LogP contribution in [0.5, 0.6) is 0 Å². The van der Waals surface area contributed by atoms with Crippen molar-refractivity contribution in [1.82, 2.24) is 0 Å². The fraction of sp³-hybridized carbons (Fsp3) is 1.00. The monoisotopic (exact) mass is 218 g/mol. The average molecular weight is 219 g/mol. The molecule has 11 heavy (non-hydrogen) atoms. The summed E-state index contributed by atoms with van der Waals surface area (Å²) in [6, 6.07) is 0. The summed E-state index contributed by atoms with van der Waals surface area (Å²) in [7, 11) is 0. The zero-order chi connectivity index (χ0) is 8.65. The molecule has 0 aromatic carbocycles. The molecule has 2 atom stereocenters. The molecular formula is C6H9Cl3O2. The molecule has 0 N–H and O–H groups in total. The molecular weight excluding hydrogens is 210 g/mol. The lowest BCUT2D eigenvalue weighted by Crippen LogP contribution is -2.26. The number of halogens is 3. The molecule has 0 spiro atoms. The molecule has 5 heteroatoms. The molecule has 0 radical (unpaired) electrons. The van der Waals surface area contributed by atoms with Crippen LogP contribution >= 0.6 is 34.8 Å². The largest absolute Gasteiger partial charge is 0.343 e. The topological polar surface area (TPSA) is 18.5 Å². The van der Waals surface area contributed by atoms with E-state index in [0.29, 0.717) is 0 Å². The van der Waals surface area contributed by atoms with Crippen molar-refractivity contribution in [3.63, 3.8) is 0 Å². The second kappa shape index (κ2) is 3.27. The highest BCUT2D eigenvalue weighted by Gasteiger charge is 2.42. The first-order valence-corrected chi connectivity index (χ1v) is 4.42. The van der Waals surface area contributed by atoms with E-state index < -0.39 is 10.1 Å². The predicted octanol–water partition coefficient (Wildman–Crippen LogP) is 2.51. The number of rotatable bonds is 0. The second-order valence-electron chi connectivity index (χ2n) is 2.56. The summed E-state index contributed by atoms with van der Waals surface area (Å²) >= 11 is 16.7. The zero-order valence-electron chi connectivity index (χ0n) is 6.18. The van der Waals surface area contributed by atoms with Gasteiger partial charge in [-0.25, -0.2) is 0 Å². The number of ether oxygens (including phenoxy) is 2. The van der Waals surface area contributed by atoms with Gasteiger partial charge in [-0.1, -0.05) is 34.8 Å². The molecule has 1 aliphatic heterocycles. The van der Waals surface area contributed by atoms with Gasteiger partial charge in [-0.2, -0.15) is 0 Å². The SMILES string of the molecule is CC1OC(C(Cl)(Cl)Cl)OC1C. The predicted molar refractivity (Wildman–Crippen MR) is 45.2 cm³/mol. The maximum atomic E-state index is 5.55. The summed E-state index contributed by atoms with van der Waals surface area (Å²) in [5.74, 6) is 0. The van der Waals surface area contributed by atoms with Crippen LogP contribution in [0, 0.1) is 0 Å². The highest BCUT2D eigenvalue weighted by Crippen LogP contribution is 2.37. The lowest BCUT2D eigenvalue weighted by molar-refractivity contribution is -0.0583. The summed E-state index contributed by atoms with van der Waals surface area (Å²) in [6.45, 7) is 3.75. The van der Waals surface area contributed by atoms with Gasteiger partial charge < -0.3 is 9.47 Å². The molecule has 1 fully saturated rings. The van der Waals surface area contributed by atoms with Gasteiger partial charge in [0.05, 0.1) is 12.2 Å². The van der Waals surface area contributed by atoms with Crippen molar-refractivity contribution < 1.29 is 9.47 Å². The summed E-state index contributed by atoms with van der Waals surface area (Å²) in [6.07, 6.45) is -0.774. The van der Waals surface area contributed by atoms with Crippen molar-refractivity contribution >= 4 is 34.8 Å². The molecule has 0 amide bonds. The molecule has 0 aromatic rings. The fourth-order valence-corrected chi connectivity index (χ4v) is 1.11. The Morgan fingerprint density at radius 3 is 1.55 bits per heavy atom. The Bertz CT molecular complexity index is 135. The summed E-state index contributed by atoms with van der Waals surface area (Å²) < 4.78 is 8.95. The third kappa shape index (κ3) is 2.36. The zero-order valence-corrected chi connectivity index (χ0v) is 8.45. The second-order valence-corrected chi connectivity index (χ2v) is 4.92. The summed E-state index contributed by atoms with van der Waals surface area (Å²) in [5, 5.41) is 0. The van der Waals surface area contributed by atoms with Crippen LogP contribution in [0.25, 0.3) is 0 Å². The van der Waals surface area contributed by atoms with E-state index in [2.05, 4.69) is 0 Å². The van der Waals surface area contributed by atoms with Crippen LogP contribution in [0.4, 0.5) is 0 Å². The Kier molecular flexibility index (Phi) is 2.93. The molecule has 0 bridgehead atoms. The highest BCUT2D eigenvalue weighted by molar-refractivity contribution is 6.67. The third-order valence-corrected chi connectivity index (χ3v) is 2.14. The molecule has 66 valence electrons. The Labute approximate surface area is 80.7 Å². The standard InChI is InChI=1S/C6H9Cl3O2/c1-3-4(2)11-5(10-3)6(7,8)9/h3-5H,1-2H3. The molecule has 1 aliphatic rings. The molecule has 1 saturated heterocycles. The van der Waals surface area contributed by atoms with E-state index in [9.17, 15) is 0 Å². The molecule has 2 unspecified atom stereocenters. The number of hydrogen-bond acceptors (Lipinski definition) is 2. The van der Waals surface area contributed by atoms with Crippen LogP contribution in [-0.2, 0) is 9.47 Å². The minimum Gasteiger partial charge on any atom is -0.343 e. The first-order chi connectivity index (χ1) is 4.91. The van der Waals surface area contributed by atoms with Crippen LogP contribution in [0.3, 0.4) is 0 Å². The van der Waals surface area contributed by atoms with Crippen molar-refractivity contribution in [2.75, 3.05) is 0 Å². The van der Waals surface area contributed by atoms with Gasteiger partial charge in [0, 0.05) is 0 Å². The smallest absolute Gasteiger partial charge is 0.240 e. The van der Waals surface area contributed by atoms with E-state index >= 15 is 0 Å². The first-order valence-electron chi connectivity index (χ1n) is 3.29. The van der Waals surface area contributed by atoms with Crippen LogP contribution in [0.15, 0.2) is 0 Å². The van der Waals surface area contributed by atoms with Crippen LogP contribution in [0.1, 0.15) is 13.8 Å². The van der Waals surface area contributed by atoms with E-state index in [4.69, 9.17) is 44.3 Å². The van der Waals surface area contributed by atoms with Crippen molar-refractivity contribution in [1.29, 1.82) is 0 Å². The van der Waals surface area contributed by atoms with E-state index in [1.54, 1.807) is 0 Å². The average Bonchev–Trinajstić information content (AvgIpc) is 2.11. The molecule has 1 rings (SSSR count). The maximum absolute atomic E-state index is 5.55. The summed E-state index contributed by atoms with van der Waals surface area (Å²) in [5.41, 5.74) is 0. The minimum atomic E-state index is -1.49. The van der Waals surface area contributed by atoms with Gasteiger partial charge in [0.15, 0.2) is 0 Å². The quantitative estimate of drug-likeness (QED) is 0.583. The van der Waals surface area contributed by atoms with Gasteiger partial charge in [0.25, 0.3) is 0 Å². The number of alkyl halides is 3. The van der Waals surface area contributed by atoms with E-state index in [1.807, 2.05) is 13.8 Å². The van der Waals surface area contributed by atoms with Gasteiger partial charge in [-0.05, 0) is 13.8 Å². The Balaban J connectivity index is 2.54. The van der Waals surface area contributed by atoms with Crippen LogP contribution < -0.4 is 0 Å². The van der Waals surface area contributed by atoms with Crippen molar-refractivity contribution in [2.24, 2.45) is 0 Å². The molecule has 1 heterocycles. The van der Waals surface area contributed by atoms with E-state index in [0.717, 1.165) is 0 Å². The number of hydrogen-bond donors (Lipinski definition) is 0. The van der Waals surface area contributed by atoms with Crippen LogP contribution in [0.2, 0.25) is 0 Å². The lowest BCUT2D eigenvalue weighted by atomic mass is 10.3. The normalized spacial score (nSPS) is 39.5. The lowest BCUT2D eigenvalue weighted by Gasteiger charge is -2.17. The van der Waals surface area contributed by atoms with Gasteiger partial charge >= 0.3 is 0 Å². The molecule has 2 nitrogen and oxygen atoms in total. The van der Waals surface area contributed by atoms with Crippen molar-refractivity contribution in [3.05, 3.63) is 0 Å². The van der Waals surface area contributed by atoms with Crippen molar-refractivity contribution in [3.8, 4) is 0 Å². The highest BCUT2D eigenvalue weighted by atomic mass is 35.6. The fourth-order valence-electron chi connectivity index (χ4n) is 0.798. The van der Waals surface area contributed by atoms with Gasteiger partial charge in [0.2, 0.25) is 10.1 Å². The molecule has 0 aromatic heterocycles. The third-order valence-electron chi connectivity index (χ3n) is 1.60. The molecule has 0 aliphatic carbocycles. The Morgan fingerprint density at radius 2 is 1.36 bits per heavy atom. The summed E-state index contributed by atoms with van der Waals surface area (Å²) in [4.78, 5) is 0. The van der Waals surface area contributed by atoms with Gasteiger partial charge in [-0.3, -0.25) is 0 Å². The van der Waals surface area contributed by atoms with Gasteiger partial charge in [-0.15, -0.1) is 0 Å². The first kappa shape index (κ1) is 9.87. The maximum Gasteiger partial charge on any atom is 0.240 e. The Hall–Kier alpha value is 0.790. The van der Waals surface area contributed by atoms with E-state index in [-0.39, 0.29) is 12.2 Å². The Morgan fingerprint density at radius 1 is 1.00 bits per heavy atom. The minimum absolute atomic E-state index is 0.0179. The van der Waals surface area contributed by atoms with Crippen LogP contribution in [-0.4, -0.2) is 22.3 Å². The molecule has 0 saturated carbocycles. The van der Waals surface area contributed by atoms with E-state index in [1.165, 1.54) is 0 Å². The van der Waals surface area contributed by atoms with Crippen molar-refractivity contribution in [2.45, 2.75) is 36.1 Å². The van der Waals surface area contributed by atoms with Gasteiger partial charge in [0.1, 0.15) is 0 Å².